The van der Waals surface area contributed by atoms with Gasteiger partial charge in [0, 0.05) is 27.8 Å². The minimum atomic E-state index is 0.0800. The van der Waals surface area contributed by atoms with E-state index in [0.717, 1.165) is 30.7 Å². The standard InChI is InChI=1S/C12H16BrN3OS/c13-9-3-11(18-7-9)10-6-16(12(17)15-10)5-8-1-2-14-4-8/h3,7-8,10,14H,1-2,4-6H2,(H,15,17). The summed E-state index contributed by atoms with van der Waals surface area (Å²) in [6, 6.07) is 2.33. The third kappa shape index (κ3) is 2.55. The van der Waals surface area contributed by atoms with Crippen molar-refractivity contribution in [3.05, 3.63) is 20.8 Å². The number of rotatable bonds is 3. The maximum absolute atomic E-state index is 11.9. The van der Waals surface area contributed by atoms with Crippen molar-refractivity contribution in [3.63, 3.8) is 0 Å². The van der Waals surface area contributed by atoms with E-state index in [-0.39, 0.29) is 12.1 Å². The smallest absolute Gasteiger partial charge is 0.318 e. The fourth-order valence-electron chi connectivity index (χ4n) is 2.60. The quantitative estimate of drug-likeness (QED) is 0.892. The van der Waals surface area contributed by atoms with Crippen molar-refractivity contribution in [1.82, 2.24) is 15.5 Å². The van der Waals surface area contributed by atoms with Crippen LogP contribution in [0.2, 0.25) is 0 Å². The SMILES string of the molecule is O=C1NC(c2cc(Br)cs2)CN1CC1CCNC1. The summed E-state index contributed by atoms with van der Waals surface area (Å²) in [4.78, 5) is 15.1. The van der Waals surface area contributed by atoms with Crippen molar-refractivity contribution in [2.45, 2.75) is 12.5 Å². The third-order valence-electron chi connectivity index (χ3n) is 3.56. The van der Waals surface area contributed by atoms with Crippen molar-refractivity contribution in [1.29, 1.82) is 0 Å². The largest absolute Gasteiger partial charge is 0.329 e. The Morgan fingerprint density at radius 1 is 1.56 bits per heavy atom. The maximum atomic E-state index is 11.9. The van der Waals surface area contributed by atoms with Crippen molar-refractivity contribution in [3.8, 4) is 0 Å². The number of hydrogen-bond donors (Lipinski definition) is 2. The normalized spacial score (nSPS) is 27.8. The van der Waals surface area contributed by atoms with Gasteiger partial charge in [-0.2, -0.15) is 0 Å². The number of carbonyl (C=O) groups excluding carboxylic acids is 1. The van der Waals surface area contributed by atoms with Crippen LogP contribution in [0.25, 0.3) is 0 Å². The molecule has 2 unspecified atom stereocenters. The van der Waals surface area contributed by atoms with E-state index in [1.807, 2.05) is 4.90 Å². The lowest BCUT2D eigenvalue weighted by Gasteiger charge is -2.18. The number of carbonyl (C=O) groups is 1. The fraction of sp³-hybridized carbons (Fsp3) is 0.583. The predicted molar refractivity (Wildman–Crippen MR) is 75.8 cm³/mol. The molecule has 0 aliphatic carbocycles. The molecule has 2 atom stereocenters. The van der Waals surface area contributed by atoms with Crippen LogP contribution >= 0.6 is 27.3 Å². The van der Waals surface area contributed by atoms with E-state index in [9.17, 15) is 4.79 Å². The highest BCUT2D eigenvalue weighted by Crippen LogP contribution is 2.29. The minimum absolute atomic E-state index is 0.0800. The number of nitrogens with zero attached hydrogens (tertiary/aromatic N) is 1. The highest BCUT2D eigenvalue weighted by atomic mass is 79.9. The first-order valence-electron chi connectivity index (χ1n) is 6.22. The van der Waals surface area contributed by atoms with Gasteiger partial charge in [0.05, 0.1) is 6.04 Å². The summed E-state index contributed by atoms with van der Waals surface area (Å²) < 4.78 is 1.09. The Morgan fingerprint density at radius 3 is 3.11 bits per heavy atom. The van der Waals surface area contributed by atoms with Crippen molar-refractivity contribution >= 4 is 33.3 Å². The van der Waals surface area contributed by atoms with Gasteiger partial charge in [0.25, 0.3) is 0 Å². The molecule has 4 nitrogen and oxygen atoms in total. The topological polar surface area (TPSA) is 44.4 Å². The van der Waals surface area contributed by atoms with Crippen molar-refractivity contribution in [2.75, 3.05) is 26.2 Å². The molecular formula is C12H16BrN3OS. The molecule has 18 heavy (non-hydrogen) atoms. The van der Waals surface area contributed by atoms with Crippen molar-refractivity contribution < 1.29 is 4.79 Å². The van der Waals surface area contributed by atoms with Gasteiger partial charge in [0.15, 0.2) is 0 Å². The zero-order valence-electron chi connectivity index (χ0n) is 9.99. The summed E-state index contributed by atoms with van der Waals surface area (Å²) in [6.45, 7) is 3.80. The number of urea groups is 1. The average Bonchev–Trinajstić information content (AvgIpc) is 3.03. The number of nitrogens with one attached hydrogen (secondary N) is 2. The summed E-state index contributed by atoms with van der Waals surface area (Å²) in [5, 5.41) is 8.47. The maximum Gasteiger partial charge on any atom is 0.318 e. The molecule has 0 bridgehead atoms. The summed E-state index contributed by atoms with van der Waals surface area (Å²) in [5.41, 5.74) is 0. The molecule has 3 heterocycles. The van der Waals surface area contributed by atoms with Crippen LogP contribution in [0.1, 0.15) is 17.3 Å². The zero-order chi connectivity index (χ0) is 12.5. The second-order valence-corrected chi connectivity index (χ2v) is 6.79. The highest BCUT2D eigenvalue weighted by Gasteiger charge is 2.32. The highest BCUT2D eigenvalue weighted by molar-refractivity contribution is 9.10. The van der Waals surface area contributed by atoms with Gasteiger partial charge in [0.2, 0.25) is 0 Å². The van der Waals surface area contributed by atoms with E-state index in [2.05, 4.69) is 38.0 Å². The molecule has 1 aromatic heterocycles. The van der Waals surface area contributed by atoms with Gasteiger partial charge < -0.3 is 15.5 Å². The van der Waals surface area contributed by atoms with Crippen LogP contribution in [0.3, 0.4) is 0 Å². The van der Waals surface area contributed by atoms with E-state index < -0.39 is 0 Å². The molecule has 2 aliphatic heterocycles. The van der Waals surface area contributed by atoms with E-state index in [1.54, 1.807) is 11.3 Å². The summed E-state index contributed by atoms with van der Waals surface area (Å²) in [5.74, 6) is 0.615. The summed E-state index contributed by atoms with van der Waals surface area (Å²) in [6.07, 6.45) is 1.18. The Morgan fingerprint density at radius 2 is 2.44 bits per heavy atom. The molecule has 2 saturated heterocycles. The van der Waals surface area contributed by atoms with E-state index in [0.29, 0.717) is 5.92 Å². The lowest BCUT2D eigenvalue weighted by atomic mass is 10.1. The van der Waals surface area contributed by atoms with Gasteiger partial charge in [-0.3, -0.25) is 0 Å². The Balaban J connectivity index is 1.62. The Hall–Kier alpha value is -0.590. The molecule has 0 saturated carbocycles. The van der Waals surface area contributed by atoms with Gasteiger partial charge >= 0.3 is 6.03 Å². The molecule has 0 spiro atoms. The molecule has 2 N–H and O–H groups in total. The number of halogens is 1. The zero-order valence-corrected chi connectivity index (χ0v) is 12.4. The molecule has 2 amide bonds. The average molecular weight is 330 g/mol. The first-order valence-corrected chi connectivity index (χ1v) is 7.90. The van der Waals surface area contributed by atoms with Crippen LogP contribution in [-0.4, -0.2) is 37.1 Å². The fourth-order valence-corrected chi connectivity index (χ4v) is 4.09. The van der Waals surface area contributed by atoms with E-state index >= 15 is 0 Å². The number of thiophene rings is 1. The first-order chi connectivity index (χ1) is 8.72. The molecular weight excluding hydrogens is 314 g/mol. The van der Waals surface area contributed by atoms with Gasteiger partial charge in [-0.15, -0.1) is 11.3 Å². The Kier molecular flexibility index (Phi) is 3.59. The van der Waals surface area contributed by atoms with E-state index in [1.165, 1.54) is 11.3 Å². The Labute approximate surface area is 119 Å². The number of hydrogen-bond acceptors (Lipinski definition) is 3. The Bertz CT molecular complexity index is 444. The van der Waals surface area contributed by atoms with Crippen LogP contribution in [0.4, 0.5) is 4.79 Å². The summed E-state index contributed by atoms with van der Waals surface area (Å²) >= 11 is 5.15. The molecule has 98 valence electrons. The molecule has 3 rings (SSSR count). The van der Waals surface area contributed by atoms with Crippen LogP contribution in [0.5, 0.6) is 0 Å². The molecule has 1 aromatic rings. The van der Waals surface area contributed by atoms with Crippen molar-refractivity contribution in [2.24, 2.45) is 5.92 Å². The lowest BCUT2D eigenvalue weighted by molar-refractivity contribution is 0.210. The molecule has 0 aromatic carbocycles. The second-order valence-electron chi connectivity index (χ2n) is 4.93. The van der Waals surface area contributed by atoms with Crippen LogP contribution < -0.4 is 10.6 Å². The van der Waals surface area contributed by atoms with Crippen LogP contribution in [-0.2, 0) is 0 Å². The summed E-state index contributed by atoms with van der Waals surface area (Å²) in [7, 11) is 0. The van der Waals surface area contributed by atoms with Gasteiger partial charge in [-0.25, -0.2) is 4.79 Å². The molecule has 0 radical (unpaired) electrons. The third-order valence-corrected chi connectivity index (χ3v) is 5.37. The van der Waals surface area contributed by atoms with Gasteiger partial charge in [-0.05, 0) is 47.4 Å². The molecule has 2 fully saturated rings. The molecule has 2 aliphatic rings. The molecule has 6 heteroatoms. The van der Waals surface area contributed by atoms with Gasteiger partial charge in [-0.1, -0.05) is 0 Å². The number of amides is 2. The minimum Gasteiger partial charge on any atom is -0.329 e. The predicted octanol–water partition coefficient (Wildman–Crippen LogP) is 2.19. The second kappa shape index (κ2) is 5.19. The van der Waals surface area contributed by atoms with Crippen LogP contribution in [0, 0.1) is 5.92 Å². The first kappa shape index (κ1) is 12.4. The van der Waals surface area contributed by atoms with Crippen LogP contribution in [0.15, 0.2) is 15.9 Å². The lowest BCUT2D eigenvalue weighted by Crippen LogP contribution is -2.33. The van der Waals surface area contributed by atoms with E-state index in [4.69, 9.17) is 0 Å². The van der Waals surface area contributed by atoms with Gasteiger partial charge in [0.1, 0.15) is 0 Å². The monoisotopic (exact) mass is 329 g/mol.